The van der Waals surface area contributed by atoms with E-state index in [9.17, 15) is 13.2 Å². The Labute approximate surface area is 215 Å². The van der Waals surface area contributed by atoms with Crippen LogP contribution < -0.4 is 10.5 Å². The van der Waals surface area contributed by atoms with Crippen LogP contribution in [0.25, 0.3) is 21.8 Å². The normalized spacial score (nSPS) is 11.9. The number of hydrogen-bond donors (Lipinski definition) is 2. The maximum absolute atomic E-state index is 13.5. The third-order valence-corrected chi connectivity index (χ3v) is 7.65. The monoisotopic (exact) mass is 513 g/mol. The molecule has 0 saturated heterocycles. The minimum Gasteiger partial charge on any atom is -0.383 e. The second kappa shape index (κ2) is 9.67. The van der Waals surface area contributed by atoms with Crippen molar-refractivity contribution in [2.24, 2.45) is 0 Å². The Morgan fingerprint density at radius 2 is 1.78 bits per heavy atom. The van der Waals surface area contributed by atoms with E-state index < -0.39 is 10.0 Å². The summed E-state index contributed by atoms with van der Waals surface area (Å²) in [5.74, 6) is -0.157. The summed E-state index contributed by atoms with van der Waals surface area (Å²) in [4.78, 5) is 21.9. The van der Waals surface area contributed by atoms with Crippen LogP contribution in [-0.2, 0) is 16.4 Å². The average Bonchev–Trinajstić information content (AvgIpc) is 3.28. The van der Waals surface area contributed by atoms with Crippen molar-refractivity contribution in [2.45, 2.75) is 26.3 Å². The first-order valence-corrected chi connectivity index (χ1v) is 13.6. The molecule has 9 heteroatoms. The molecule has 0 bridgehead atoms. The number of nitrogens with one attached hydrogen (secondary N) is 1. The van der Waals surface area contributed by atoms with Crippen LogP contribution in [0, 0.1) is 0 Å². The van der Waals surface area contributed by atoms with E-state index in [4.69, 9.17) is 5.73 Å². The fourth-order valence-electron chi connectivity index (χ4n) is 4.54. The molecule has 0 spiro atoms. The first-order chi connectivity index (χ1) is 17.7. The zero-order chi connectivity index (χ0) is 26.2. The van der Waals surface area contributed by atoms with Crippen molar-refractivity contribution in [1.29, 1.82) is 0 Å². The number of ketones is 1. The molecule has 3 aromatic carbocycles. The maximum atomic E-state index is 13.5. The molecule has 0 radical (unpaired) electrons. The van der Waals surface area contributed by atoms with Gasteiger partial charge in [-0.05, 0) is 48.7 Å². The number of nitrogen functional groups attached to an aromatic ring is 1. The summed E-state index contributed by atoms with van der Waals surface area (Å²) in [5.41, 5.74) is 8.68. The van der Waals surface area contributed by atoms with Crippen LogP contribution in [0.5, 0.6) is 0 Å². The number of nitrogens with two attached hydrogens (primary N) is 1. The largest absolute Gasteiger partial charge is 0.383 e. The number of hydrogen-bond acceptors (Lipinski definition) is 6. The Hall–Kier alpha value is -4.24. The van der Waals surface area contributed by atoms with E-state index in [0.717, 1.165) is 16.3 Å². The molecule has 0 aliphatic carbocycles. The van der Waals surface area contributed by atoms with Crippen LogP contribution in [0.1, 0.15) is 41.4 Å². The van der Waals surface area contributed by atoms with Crippen LogP contribution in [0.15, 0.2) is 79.3 Å². The van der Waals surface area contributed by atoms with Crippen LogP contribution >= 0.6 is 0 Å². The lowest BCUT2D eigenvalue weighted by atomic mass is 10.0. The summed E-state index contributed by atoms with van der Waals surface area (Å²) in [7, 11) is -3.66. The van der Waals surface area contributed by atoms with Gasteiger partial charge in [-0.3, -0.25) is 9.52 Å². The van der Waals surface area contributed by atoms with Gasteiger partial charge in [0.2, 0.25) is 10.0 Å². The van der Waals surface area contributed by atoms with Crippen LogP contribution in [0.4, 0.5) is 11.5 Å². The maximum Gasteiger partial charge on any atom is 0.233 e. The van der Waals surface area contributed by atoms with Gasteiger partial charge in [-0.25, -0.2) is 18.4 Å². The van der Waals surface area contributed by atoms with E-state index in [1.807, 2.05) is 60.9 Å². The summed E-state index contributed by atoms with van der Waals surface area (Å²) in [5, 5.41) is 2.60. The zero-order valence-corrected chi connectivity index (χ0v) is 21.4. The van der Waals surface area contributed by atoms with E-state index in [1.165, 1.54) is 12.4 Å². The standard InChI is InChI=1S/C28H27N5O3S/c1-18(2)33-16-24(25-27(29)30-17-31-28(25)33)26(34)21-10-6-11-22(15-21)32-37(35,36)14-13-20-9-5-8-19-7-3-4-12-23(19)20/h3-12,15-18,32H,13-14H2,1-2H3,(H2,29,30,31). The summed E-state index contributed by atoms with van der Waals surface area (Å²) >= 11 is 0. The predicted molar refractivity (Wildman–Crippen MR) is 147 cm³/mol. The molecular weight excluding hydrogens is 486 g/mol. The fourth-order valence-corrected chi connectivity index (χ4v) is 5.62. The third kappa shape index (κ3) is 4.90. The van der Waals surface area contributed by atoms with Gasteiger partial charge in [-0.15, -0.1) is 0 Å². The SMILES string of the molecule is CC(C)n1cc(C(=O)c2cccc(NS(=O)(=O)CCc3cccc4ccccc34)c2)c2c(N)ncnc21. The topological polar surface area (TPSA) is 120 Å². The van der Waals surface area contributed by atoms with Gasteiger partial charge in [-0.2, -0.15) is 0 Å². The number of aromatic nitrogens is 3. The molecule has 0 fully saturated rings. The quantitative estimate of drug-likeness (QED) is 0.283. The molecule has 8 nitrogen and oxygen atoms in total. The number of benzene rings is 3. The number of aryl methyl sites for hydroxylation is 1. The van der Waals surface area contributed by atoms with Gasteiger partial charge in [-0.1, -0.05) is 54.6 Å². The Morgan fingerprint density at radius 1 is 1.03 bits per heavy atom. The number of carbonyl (C=O) groups excluding carboxylic acids is 1. The van der Waals surface area contributed by atoms with Crippen molar-refractivity contribution in [1.82, 2.24) is 14.5 Å². The molecule has 5 aromatic rings. The first kappa shape index (κ1) is 24.5. The Balaban J connectivity index is 1.39. The predicted octanol–water partition coefficient (Wildman–Crippen LogP) is 4.96. The van der Waals surface area contributed by atoms with E-state index in [-0.39, 0.29) is 23.4 Å². The average molecular weight is 514 g/mol. The van der Waals surface area contributed by atoms with Crippen molar-refractivity contribution >= 4 is 49.1 Å². The third-order valence-electron chi connectivity index (χ3n) is 6.36. The molecule has 2 aromatic heterocycles. The van der Waals surface area contributed by atoms with Crippen LogP contribution in [-0.4, -0.2) is 34.5 Å². The molecule has 0 aliphatic rings. The minimum atomic E-state index is -3.66. The summed E-state index contributed by atoms with van der Waals surface area (Å²) in [6, 6.07) is 20.3. The molecule has 0 unspecified atom stereocenters. The summed E-state index contributed by atoms with van der Waals surface area (Å²) in [6.07, 6.45) is 3.46. The molecule has 0 aliphatic heterocycles. The molecular formula is C28H27N5O3S. The molecule has 0 amide bonds. The van der Waals surface area contributed by atoms with E-state index in [2.05, 4.69) is 14.7 Å². The number of rotatable bonds is 8. The fraction of sp³-hybridized carbons (Fsp3) is 0.179. The van der Waals surface area contributed by atoms with Crippen molar-refractivity contribution in [3.05, 3.63) is 95.9 Å². The highest BCUT2D eigenvalue weighted by molar-refractivity contribution is 7.92. The smallest absolute Gasteiger partial charge is 0.233 e. The molecule has 2 heterocycles. The van der Waals surface area contributed by atoms with Gasteiger partial charge in [0.25, 0.3) is 0 Å². The minimum absolute atomic E-state index is 0.0539. The Morgan fingerprint density at radius 3 is 2.59 bits per heavy atom. The van der Waals surface area contributed by atoms with Crippen molar-refractivity contribution in [2.75, 3.05) is 16.2 Å². The molecule has 5 rings (SSSR count). The zero-order valence-electron chi connectivity index (χ0n) is 20.5. The van der Waals surface area contributed by atoms with E-state index >= 15 is 0 Å². The number of anilines is 2. The van der Waals surface area contributed by atoms with E-state index in [1.54, 1.807) is 24.4 Å². The lowest BCUT2D eigenvalue weighted by Crippen LogP contribution is -2.18. The van der Waals surface area contributed by atoms with E-state index in [0.29, 0.717) is 34.3 Å². The van der Waals surface area contributed by atoms with Gasteiger partial charge in [0.05, 0.1) is 16.7 Å². The van der Waals surface area contributed by atoms with Crippen LogP contribution in [0.3, 0.4) is 0 Å². The van der Waals surface area contributed by atoms with Gasteiger partial charge < -0.3 is 10.3 Å². The molecule has 188 valence electrons. The van der Waals surface area contributed by atoms with Gasteiger partial charge >= 0.3 is 0 Å². The number of carbonyl (C=O) groups is 1. The Kier molecular flexibility index (Phi) is 6.39. The second-order valence-electron chi connectivity index (χ2n) is 9.22. The van der Waals surface area contributed by atoms with Gasteiger partial charge in [0, 0.05) is 23.5 Å². The highest BCUT2D eigenvalue weighted by atomic mass is 32.2. The van der Waals surface area contributed by atoms with Gasteiger partial charge in [0.15, 0.2) is 5.78 Å². The lowest BCUT2D eigenvalue weighted by Gasteiger charge is -2.11. The highest BCUT2D eigenvalue weighted by Gasteiger charge is 2.22. The number of sulfonamides is 1. The van der Waals surface area contributed by atoms with Crippen molar-refractivity contribution < 1.29 is 13.2 Å². The number of nitrogens with zero attached hydrogens (tertiary/aromatic N) is 3. The molecule has 3 N–H and O–H groups in total. The van der Waals surface area contributed by atoms with Crippen molar-refractivity contribution in [3.63, 3.8) is 0 Å². The highest BCUT2D eigenvalue weighted by Crippen LogP contribution is 2.29. The van der Waals surface area contributed by atoms with Crippen LogP contribution in [0.2, 0.25) is 0 Å². The molecule has 0 atom stereocenters. The van der Waals surface area contributed by atoms with Crippen molar-refractivity contribution in [3.8, 4) is 0 Å². The number of fused-ring (bicyclic) bond motifs is 2. The Bertz CT molecular complexity index is 1740. The van der Waals surface area contributed by atoms with Gasteiger partial charge in [0.1, 0.15) is 17.8 Å². The second-order valence-corrected chi connectivity index (χ2v) is 11.1. The summed E-state index contributed by atoms with van der Waals surface area (Å²) < 4.78 is 30.3. The lowest BCUT2D eigenvalue weighted by molar-refractivity contribution is 0.104. The molecule has 0 saturated carbocycles. The molecule has 37 heavy (non-hydrogen) atoms. The summed E-state index contributed by atoms with van der Waals surface area (Å²) in [6.45, 7) is 3.97. The first-order valence-electron chi connectivity index (χ1n) is 12.0.